The van der Waals surface area contributed by atoms with Crippen LogP contribution >= 0.6 is 0 Å². The smallest absolute Gasteiger partial charge is 0.290 e. The van der Waals surface area contributed by atoms with Gasteiger partial charge < -0.3 is 14.1 Å². The number of carbonyl (C=O) groups excluding carboxylic acids is 1. The molecule has 3 aromatic rings. The van der Waals surface area contributed by atoms with Crippen LogP contribution in [-0.2, 0) is 4.74 Å². The summed E-state index contributed by atoms with van der Waals surface area (Å²) in [5, 5.41) is 7.64. The second-order valence-corrected chi connectivity index (χ2v) is 5.59. The summed E-state index contributed by atoms with van der Waals surface area (Å²) in [6, 6.07) is 9.15. The number of hydrogen-bond donors (Lipinski definition) is 1. The average molecular weight is 312 g/mol. The maximum Gasteiger partial charge on any atom is 0.290 e. The Balaban J connectivity index is 1.67. The molecule has 0 radical (unpaired) electrons. The molecule has 1 N–H and O–H groups in total. The lowest BCUT2D eigenvalue weighted by molar-refractivity contribution is 0.0656. The number of ether oxygens (including phenoxy) is 1. The lowest BCUT2D eigenvalue weighted by Crippen LogP contribution is -2.32. The van der Waals surface area contributed by atoms with Gasteiger partial charge in [0.15, 0.2) is 5.76 Å². The number of hydrogen-bond acceptors (Lipinski definition) is 5. The quantitative estimate of drug-likeness (QED) is 0.801. The SMILES string of the molecule is CO[C@@H]1C[C@@H](c2ncn[nH]2)N(C(=O)c2cc3ccccc3o2)C1. The molecule has 4 rings (SSSR count). The number of benzene rings is 1. The molecule has 0 bridgehead atoms. The van der Waals surface area contributed by atoms with Crippen molar-refractivity contribution in [1.82, 2.24) is 20.1 Å². The summed E-state index contributed by atoms with van der Waals surface area (Å²) < 4.78 is 11.1. The van der Waals surface area contributed by atoms with E-state index in [4.69, 9.17) is 9.15 Å². The Bertz CT molecular complexity index is 794. The van der Waals surface area contributed by atoms with Crippen LogP contribution in [0.3, 0.4) is 0 Å². The molecule has 0 saturated carbocycles. The third-order valence-electron chi connectivity index (χ3n) is 4.24. The van der Waals surface area contributed by atoms with E-state index in [1.165, 1.54) is 6.33 Å². The summed E-state index contributed by atoms with van der Waals surface area (Å²) in [5.41, 5.74) is 0.703. The van der Waals surface area contributed by atoms with Crippen molar-refractivity contribution in [2.45, 2.75) is 18.6 Å². The topological polar surface area (TPSA) is 84.3 Å². The van der Waals surface area contributed by atoms with Gasteiger partial charge >= 0.3 is 0 Å². The molecule has 0 aliphatic carbocycles. The number of rotatable bonds is 3. The molecule has 2 atom stereocenters. The summed E-state index contributed by atoms with van der Waals surface area (Å²) in [4.78, 5) is 18.8. The third-order valence-corrected chi connectivity index (χ3v) is 4.24. The van der Waals surface area contributed by atoms with Gasteiger partial charge in [-0.15, -0.1) is 0 Å². The summed E-state index contributed by atoms with van der Waals surface area (Å²) in [6.45, 7) is 0.498. The lowest BCUT2D eigenvalue weighted by Gasteiger charge is -2.21. The van der Waals surface area contributed by atoms with E-state index in [0.29, 0.717) is 30.1 Å². The Hall–Kier alpha value is -2.67. The van der Waals surface area contributed by atoms with Crippen molar-refractivity contribution in [2.75, 3.05) is 13.7 Å². The van der Waals surface area contributed by atoms with Crippen molar-refractivity contribution in [3.63, 3.8) is 0 Å². The average Bonchev–Trinajstić information content (AvgIpc) is 3.30. The maximum absolute atomic E-state index is 12.9. The second kappa shape index (κ2) is 5.51. The van der Waals surface area contributed by atoms with Crippen molar-refractivity contribution in [3.05, 3.63) is 48.2 Å². The van der Waals surface area contributed by atoms with Crippen molar-refractivity contribution in [3.8, 4) is 0 Å². The first-order valence-corrected chi connectivity index (χ1v) is 7.44. The molecule has 3 heterocycles. The van der Waals surface area contributed by atoms with Crippen molar-refractivity contribution >= 4 is 16.9 Å². The van der Waals surface area contributed by atoms with Gasteiger partial charge in [-0.05, 0) is 12.1 Å². The summed E-state index contributed by atoms with van der Waals surface area (Å²) >= 11 is 0. The van der Waals surface area contributed by atoms with E-state index < -0.39 is 0 Å². The lowest BCUT2D eigenvalue weighted by atomic mass is 10.2. The summed E-state index contributed by atoms with van der Waals surface area (Å²) in [5.74, 6) is 0.823. The molecule has 7 nitrogen and oxygen atoms in total. The Labute approximate surface area is 132 Å². The predicted molar refractivity (Wildman–Crippen MR) is 81.8 cm³/mol. The highest BCUT2D eigenvalue weighted by molar-refractivity contribution is 5.96. The van der Waals surface area contributed by atoms with Crippen molar-refractivity contribution in [2.24, 2.45) is 0 Å². The van der Waals surface area contributed by atoms with Gasteiger partial charge in [0.1, 0.15) is 17.7 Å². The number of nitrogens with zero attached hydrogens (tertiary/aromatic N) is 3. The molecule has 23 heavy (non-hydrogen) atoms. The molecule has 7 heteroatoms. The Morgan fingerprint density at radius 2 is 2.30 bits per heavy atom. The molecule has 1 amide bonds. The summed E-state index contributed by atoms with van der Waals surface area (Å²) in [6.07, 6.45) is 2.09. The number of amides is 1. The van der Waals surface area contributed by atoms with Crippen LogP contribution in [0.1, 0.15) is 28.8 Å². The maximum atomic E-state index is 12.9. The number of furan rings is 1. The number of methoxy groups -OCH3 is 1. The van der Waals surface area contributed by atoms with Gasteiger partial charge in [-0.2, -0.15) is 5.10 Å². The first-order chi connectivity index (χ1) is 11.3. The molecule has 2 aromatic heterocycles. The van der Waals surface area contributed by atoms with E-state index in [1.807, 2.05) is 24.3 Å². The zero-order valence-corrected chi connectivity index (χ0v) is 12.6. The minimum absolute atomic E-state index is 0.0292. The van der Waals surface area contributed by atoms with Gasteiger partial charge in [-0.25, -0.2) is 4.98 Å². The van der Waals surface area contributed by atoms with Gasteiger partial charge in [0, 0.05) is 25.5 Å². The molecular formula is C16H16N4O3. The van der Waals surface area contributed by atoms with Gasteiger partial charge in [0.05, 0.1) is 12.1 Å². The van der Waals surface area contributed by atoms with E-state index in [9.17, 15) is 4.79 Å². The number of aromatic amines is 1. The van der Waals surface area contributed by atoms with Crippen LogP contribution in [0, 0.1) is 0 Å². The predicted octanol–water partition coefficient (Wildman–Crippen LogP) is 2.15. The van der Waals surface area contributed by atoms with Crippen LogP contribution < -0.4 is 0 Å². The van der Waals surface area contributed by atoms with Crippen LogP contribution in [0.5, 0.6) is 0 Å². The van der Waals surface area contributed by atoms with E-state index in [-0.39, 0.29) is 18.1 Å². The zero-order chi connectivity index (χ0) is 15.8. The Morgan fingerprint density at radius 3 is 3.04 bits per heavy atom. The van der Waals surface area contributed by atoms with E-state index in [0.717, 1.165) is 5.39 Å². The molecule has 0 unspecified atom stereocenters. The standard InChI is InChI=1S/C16H16N4O3/c1-22-11-7-12(15-17-9-18-19-15)20(8-11)16(21)14-6-10-4-2-3-5-13(10)23-14/h2-6,9,11-12H,7-8H2,1H3,(H,17,18,19)/t11-,12+/m1/s1. The monoisotopic (exact) mass is 312 g/mol. The molecule has 1 aliphatic heterocycles. The van der Waals surface area contributed by atoms with Crippen molar-refractivity contribution < 1.29 is 13.9 Å². The first-order valence-electron chi connectivity index (χ1n) is 7.44. The minimum Gasteiger partial charge on any atom is -0.451 e. The fourth-order valence-electron chi connectivity index (χ4n) is 3.06. The largest absolute Gasteiger partial charge is 0.451 e. The van der Waals surface area contributed by atoms with Crippen LogP contribution in [0.15, 0.2) is 41.1 Å². The number of carbonyl (C=O) groups is 1. The molecular weight excluding hydrogens is 296 g/mol. The number of para-hydroxylation sites is 1. The van der Waals surface area contributed by atoms with Crippen LogP contribution in [-0.4, -0.2) is 45.7 Å². The first kappa shape index (κ1) is 14.0. The fourth-order valence-corrected chi connectivity index (χ4v) is 3.06. The highest BCUT2D eigenvalue weighted by Crippen LogP contribution is 2.33. The second-order valence-electron chi connectivity index (χ2n) is 5.59. The molecule has 0 spiro atoms. The van der Waals surface area contributed by atoms with E-state index in [2.05, 4.69) is 15.2 Å². The number of H-pyrrole nitrogens is 1. The van der Waals surface area contributed by atoms with Gasteiger partial charge in [0.2, 0.25) is 0 Å². The number of likely N-dealkylation sites (tertiary alicyclic amines) is 1. The third kappa shape index (κ3) is 2.39. The van der Waals surface area contributed by atoms with Crippen LogP contribution in [0.2, 0.25) is 0 Å². The number of nitrogens with one attached hydrogen (secondary N) is 1. The van der Waals surface area contributed by atoms with Crippen LogP contribution in [0.25, 0.3) is 11.0 Å². The molecule has 118 valence electrons. The van der Waals surface area contributed by atoms with Gasteiger partial charge in [-0.1, -0.05) is 18.2 Å². The zero-order valence-electron chi connectivity index (χ0n) is 12.6. The van der Waals surface area contributed by atoms with E-state index >= 15 is 0 Å². The fraction of sp³-hybridized carbons (Fsp3) is 0.312. The van der Waals surface area contributed by atoms with Crippen molar-refractivity contribution in [1.29, 1.82) is 0 Å². The number of fused-ring (bicyclic) bond motifs is 1. The highest BCUT2D eigenvalue weighted by Gasteiger charge is 2.39. The van der Waals surface area contributed by atoms with Crippen LogP contribution in [0.4, 0.5) is 0 Å². The molecule has 1 fully saturated rings. The molecule has 1 aromatic carbocycles. The van der Waals surface area contributed by atoms with Gasteiger partial charge in [0.25, 0.3) is 5.91 Å². The minimum atomic E-state index is -0.192. The summed E-state index contributed by atoms with van der Waals surface area (Å²) in [7, 11) is 1.65. The number of aromatic nitrogens is 3. The van der Waals surface area contributed by atoms with Gasteiger partial charge in [-0.3, -0.25) is 9.89 Å². The Kier molecular flexibility index (Phi) is 3.34. The van der Waals surface area contributed by atoms with E-state index in [1.54, 1.807) is 18.1 Å². The normalized spacial score (nSPS) is 21.2. The highest BCUT2D eigenvalue weighted by atomic mass is 16.5. The Morgan fingerprint density at radius 1 is 1.43 bits per heavy atom. The molecule has 1 saturated heterocycles. The molecule has 1 aliphatic rings.